The molecular formula is C29H30N3+. The molecule has 3 aromatic carbocycles. The van der Waals surface area contributed by atoms with E-state index >= 15 is 0 Å². The van der Waals surface area contributed by atoms with E-state index in [9.17, 15) is 0 Å². The molecule has 0 aliphatic carbocycles. The van der Waals surface area contributed by atoms with Gasteiger partial charge in [0.15, 0.2) is 11.9 Å². The fraction of sp³-hybridized carbons (Fsp3) is 0.207. The average molecular weight is 421 g/mol. The van der Waals surface area contributed by atoms with Crippen LogP contribution in [0.3, 0.4) is 0 Å². The highest BCUT2D eigenvalue weighted by atomic mass is 15.4. The fourth-order valence-electron chi connectivity index (χ4n) is 4.93. The van der Waals surface area contributed by atoms with Crippen LogP contribution in [0.25, 0.3) is 11.3 Å². The number of pyridine rings is 1. The third kappa shape index (κ3) is 3.25. The average Bonchev–Trinajstić information content (AvgIpc) is 3.09. The van der Waals surface area contributed by atoms with Crippen LogP contribution < -0.4 is 14.4 Å². The lowest BCUT2D eigenvalue weighted by molar-refractivity contribution is -0.647. The second kappa shape index (κ2) is 7.83. The first kappa shape index (κ1) is 20.3. The standard InChI is InChI=1S/C29H30N3/c1-20-15-16-22(3)25(17-20)28-18-21(2)19-29(30(28)5)32-23(4)31(24-11-7-6-8-12-24)26-13-9-10-14-27(26)32/h6-19,23H,1-5H3/q+1/t23-/m1/s1. The van der Waals surface area contributed by atoms with Crippen molar-refractivity contribution in [2.45, 2.75) is 33.9 Å². The molecule has 0 N–H and O–H groups in total. The largest absolute Gasteiger partial charge is 0.298 e. The third-order valence-corrected chi connectivity index (χ3v) is 6.52. The summed E-state index contributed by atoms with van der Waals surface area (Å²) in [4.78, 5) is 4.89. The van der Waals surface area contributed by atoms with Gasteiger partial charge in [-0.25, -0.2) is 9.47 Å². The van der Waals surface area contributed by atoms with Crippen LogP contribution in [-0.2, 0) is 7.05 Å². The van der Waals surface area contributed by atoms with Gasteiger partial charge < -0.3 is 0 Å². The number of hydrogen-bond acceptors (Lipinski definition) is 2. The zero-order chi connectivity index (χ0) is 22.4. The summed E-state index contributed by atoms with van der Waals surface area (Å²) in [7, 11) is 2.19. The van der Waals surface area contributed by atoms with Gasteiger partial charge in [-0.05, 0) is 75.2 Å². The molecule has 2 heterocycles. The molecule has 0 saturated carbocycles. The summed E-state index contributed by atoms with van der Waals surface area (Å²) in [6.45, 7) is 8.84. The number of nitrogens with zero attached hydrogens (tertiary/aromatic N) is 3. The number of benzene rings is 3. The Labute approximate surface area is 191 Å². The Hall–Kier alpha value is -3.59. The number of anilines is 4. The number of hydrogen-bond donors (Lipinski definition) is 0. The van der Waals surface area contributed by atoms with E-state index in [0.717, 1.165) is 0 Å². The Morgan fingerprint density at radius 1 is 0.688 bits per heavy atom. The van der Waals surface area contributed by atoms with Crippen LogP contribution in [0.1, 0.15) is 23.6 Å². The van der Waals surface area contributed by atoms with Gasteiger partial charge in [-0.2, -0.15) is 0 Å². The Bertz CT molecular complexity index is 1290. The Morgan fingerprint density at radius 2 is 1.34 bits per heavy atom. The molecule has 0 radical (unpaired) electrons. The fourth-order valence-corrected chi connectivity index (χ4v) is 4.93. The molecule has 5 rings (SSSR count). The highest BCUT2D eigenvalue weighted by molar-refractivity contribution is 5.87. The molecule has 0 saturated heterocycles. The van der Waals surface area contributed by atoms with Crippen molar-refractivity contribution in [3.8, 4) is 11.3 Å². The van der Waals surface area contributed by atoms with Crippen LogP contribution in [0.2, 0.25) is 0 Å². The normalized spacial score (nSPS) is 15.2. The monoisotopic (exact) mass is 420 g/mol. The first-order valence-electron chi connectivity index (χ1n) is 11.3. The number of aryl methyl sites for hydroxylation is 3. The van der Waals surface area contributed by atoms with E-state index in [1.54, 1.807) is 0 Å². The maximum Gasteiger partial charge on any atom is 0.284 e. The molecule has 4 aromatic rings. The molecule has 3 nitrogen and oxygen atoms in total. The van der Waals surface area contributed by atoms with Crippen molar-refractivity contribution in [2.24, 2.45) is 7.05 Å². The van der Waals surface area contributed by atoms with E-state index in [1.807, 2.05) is 0 Å². The molecule has 0 amide bonds. The molecule has 3 heteroatoms. The Kier molecular flexibility index (Phi) is 4.97. The molecule has 0 unspecified atom stereocenters. The van der Waals surface area contributed by atoms with Gasteiger partial charge in [-0.15, -0.1) is 0 Å². The number of fused-ring (bicyclic) bond motifs is 1. The zero-order valence-corrected chi connectivity index (χ0v) is 19.5. The quantitative estimate of drug-likeness (QED) is 0.340. The molecule has 1 aromatic heterocycles. The predicted molar refractivity (Wildman–Crippen MR) is 134 cm³/mol. The van der Waals surface area contributed by atoms with Gasteiger partial charge in [0.1, 0.15) is 5.69 Å². The molecule has 0 spiro atoms. The predicted octanol–water partition coefficient (Wildman–Crippen LogP) is 6.74. The van der Waals surface area contributed by atoms with Crippen molar-refractivity contribution >= 4 is 22.9 Å². The van der Waals surface area contributed by atoms with Gasteiger partial charge >= 0.3 is 0 Å². The first-order chi connectivity index (χ1) is 15.5. The van der Waals surface area contributed by atoms with E-state index in [4.69, 9.17) is 0 Å². The van der Waals surface area contributed by atoms with Crippen LogP contribution in [0, 0.1) is 20.8 Å². The van der Waals surface area contributed by atoms with E-state index in [0.29, 0.717) is 0 Å². The van der Waals surface area contributed by atoms with Crippen molar-refractivity contribution in [1.29, 1.82) is 0 Å². The molecule has 1 aliphatic heterocycles. The highest BCUT2D eigenvalue weighted by Gasteiger charge is 2.42. The summed E-state index contributed by atoms with van der Waals surface area (Å²) in [5.74, 6) is 1.19. The minimum absolute atomic E-state index is 0.147. The summed E-state index contributed by atoms with van der Waals surface area (Å²) in [6.07, 6.45) is 0.147. The molecule has 32 heavy (non-hydrogen) atoms. The van der Waals surface area contributed by atoms with Gasteiger partial charge in [-0.1, -0.05) is 48.0 Å². The zero-order valence-electron chi connectivity index (χ0n) is 19.5. The molecular weight excluding hydrogens is 390 g/mol. The first-order valence-corrected chi connectivity index (χ1v) is 11.3. The summed E-state index contributed by atoms with van der Waals surface area (Å²) in [5.41, 5.74) is 10.0. The summed E-state index contributed by atoms with van der Waals surface area (Å²) < 4.78 is 2.34. The topological polar surface area (TPSA) is 10.4 Å². The van der Waals surface area contributed by atoms with E-state index in [2.05, 4.69) is 134 Å². The SMILES string of the molecule is Cc1ccc(C)c(-c2cc(C)cc(N3c4ccccc4N(c4ccccc4)[C@H]3C)[n+]2C)c1. The van der Waals surface area contributed by atoms with Gasteiger partial charge in [0.25, 0.3) is 5.82 Å². The van der Waals surface area contributed by atoms with E-state index < -0.39 is 0 Å². The smallest absolute Gasteiger partial charge is 0.284 e. The maximum absolute atomic E-state index is 2.46. The molecule has 160 valence electrons. The molecule has 1 aliphatic rings. The van der Waals surface area contributed by atoms with Crippen molar-refractivity contribution < 1.29 is 4.57 Å². The lowest BCUT2D eigenvalue weighted by atomic mass is 10.0. The van der Waals surface area contributed by atoms with Gasteiger partial charge in [-0.3, -0.25) is 4.90 Å². The number of rotatable bonds is 3. The maximum atomic E-state index is 2.46. The van der Waals surface area contributed by atoms with Gasteiger partial charge in [0, 0.05) is 17.3 Å². The van der Waals surface area contributed by atoms with Gasteiger partial charge in [0.2, 0.25) is 0 Å². The lowest BCUT2D eigenvalue weighted by Crippen LogP contribution is -2.44. The van der Waals surface area contributed by atoms with Crippen molar-refractivity contribution in [3.63, 3.8) is 0 Å². The molecule has 1 atom stereocenters. The summed E-state index contributed by atoms with van der Waals surface area (Å²) in [5, 5.41) is 0. The second-order valence-corrected chi connectivity index (χ2v) is 8.85. The van der Waals surface area contributed by atoms with Crippen LogP contribution in [0.4, 0.5) is 22.9 Å². The highest BCUT2D eigenvalue weighted by Crippen LogP contribution is 2.46. The minimum atomic E-state index is 0.147. The molecule has 0 fully saturated rings. The number of para-hydroxylation sites is 3. The summed E-state index contributed by atoms with van der Waals surface area (Å²) >= 11 is 0. The van der Waals surface area contributed by atoms with Crippen LogP contribution in [-0.4, -0.2) is 6.17 Å². The van der Waals surface area contributed by atoms with Crippen molar-refractivity contribution in [1.82, 2.24) is 0 Å². The van der Waals surface area contributed by atoms with E-state index in [1.165, 1.54) is 50.8 Å². The Balaban J connectivity index is 1.70. The van der Waals surface area contributed by atoms with Crippen LogP contribution in [0.5, 0.6) is 0 Å². The second-order valence-electron chi connectivity index (χ2n) is 8.85. The van der Waals surface area contributed by atoms with E-state index in [-0.39, 0.29) is 6.17 Å². The Morgan fingerprint density at radius 3 is 2.06 bits per heavy atom. The van der Waals surface area contributed by atoms with Gasteiger partial charge in [0.05, 0.1) is 12.7 Å². The third-order valence-electron chi connectivity index (χ3n) is 6.52. The molecule has 0 bridgehead atoms. The van der Waals surface area contributed by atoms with Crippen molar-refractivity contribution in [2.75, 3.05) is 9.80 Å². The minimum Gasteiger partial charge on any atom is -0.298 e. The lowest BCUT2D eigenvalue weighted by Gasteiger charge is -2.26. The van der Waals surface area contributed by atoms with Crippen LogP contribution >= 0.6 is 0 Å². The summed E-state index contributed by atoms with van der Waals surface area (Å²) in [6, 6.07) is 30.7. The van der Waals surface area contributed by atoms with Crippen LogP contribution in [0.15, 0.2) is 84.9 Å². The van der Waals surface area contributed by atoms with Crippen molar-refractivity contribution in [3.05, 3.63) is 102 Å². The number of aromatic nitrogens is 1.